The van der Waals surface area contributed by atoms with Crippen LogP contribution in [0.4, 0.5) is 4.79 Å². The number of alkyl carbamates (subject to hydrolysis) is 1. The van der Waals surface area contributed by atoms with Crippen LogP contribution in [0.25, 0.3) is 0 Å². The smallest absolute Gasteiger partial charge is 0.408 e. The molecule has 0 aromatic heterocycles. The predicted octanol–water partition coefficient (Wildman–Crippen LogP) is 2.11. The second-order valence-corrected chi connectivity index (χ2v) is 5.34. The maximum atomic E-state index is 11.5. The van der Waals surface area contributed by atoms with Crippen molar-refractivity contribution in [1.29, 1.82) is 0 Å². The van der Waals surface area contributed by atoms with Gasteiger partial charge in [-0.05, 0) is 33.6 Å². The molecular weight excluding hydrogens is 250 g/mol. The van der Waals surface area contributed by atoms with Gasteiger partial charge in [-0.25, -0.2) is 9.59 Å². The first-order valence-electron chi connectivity index (χ1n) is 6.42. The van der Waals surface area contributed by atoms with Gasteiger partial charge in [0, 0.05) is 6.42 Å². The summed E-state index contributed by atoms with van der Waals surface area (Å²) in [6.45, 7) is 5.13. The Labute approximate surface area is 113 Å². The molecule has 19 heavy (non-hydrogen) atoms. The number of unbranched alkanes of at least 4 members (excludes halogenated alkanes) is 3. The van der Waals surface area contributed by atoms with E-state index in [1.807, 2.05) is 0 Å². The topological polar surface area (TPSA) is 92.7 Å². The van der Waals surface area contributed by atoms with Gasteiger partial charge in [-0.2, -0.15) is 0 Å². The molecule has 0 saturated heterocycles. The van der Waals surface area contributed by atoms with Crippen molar-refractivity contribution in [2.24, 2.45) is 0 Å². The molecule has 0 aliphatic carbocycles. The van der Waals surface area contributed by atoms with Crippen LogP contribution in [0.1, 0.15) is 52.9 Å². The number of carbonyl (C=O) groups is 3. The largest absolute Gasteiger partial charge is 0.480 e. The first kappa shape index (κ1) is 17.4. The van der Waals surface area contributed by atoms with Crippen molar-refractivity contribution in [2.45, 2.75) is 64.5 Å². The van der Waals surface area contributed by atoms with Crippen molar-refractivity contribution < 1.29 is 24.2 Å². The molecule has 0 rings (SSSR count). The van der Waals surface area contributed by atoms with Crippen molar-refractivity contribution in [3.8, 4) is 0 Å². The van der Waals surface area contributed by atoms with Crippen molar-refractivity contribution in [3.63, 3.8) is 0 Å². The number of rotatable bonds is 8. The third-order valence-electron chi connectivity index (χ3n) is 2.30. The quantitative estimate of drug-likeness (QED) is 0.522. The summed E-state index contributed by atoms with van der Waals surface area (Å²) >= 11 is 0. The van der Waals surface area contributed by atoms with Gasteiger partial charge in [-0.3, -0.25) is 0 Å². The highest BCUT2D eigenvalue weighted by Crippen LogP contribution is 2.09. The van der Waals surface area contributed by atoms with Crippen LogP contribution < -0.4 is 5.32 Å². The molecule has 0 aliphatic rings. The zero-order valence-electron chi connectivity index (χ0n) is 11.8. The molecule has 2 N–H and O–H groups in total. The van der Waals surface area contributed by atoms with Crippen molar-refractivity contribution in [2.75, 3.05) is 0 Å². The lowest BCUT2D eigenvalue weighted by Crippen LogP contribution is -2.43. The summed E-state index contributed by atoms with van der Waals surface area (Å²) in [5.41, 5.74) is -0.656. The predicted molar refractivity (Wildman–Crippen MR) is 69.9 cm³/mol. The number of hydrogen-bond donors (Lipinski definition) is 2. The summed E-state index contributed by atoms with van der Waals surface area (Å²) in [5.74, 6) is -1.08. The number of carbonyl (C=O) groups excluding carboxylic acids is 2. The Morgan fingerprint density at radius 1 is 1.26 bits per heavy atom. The summed E-state index contributed by atoms with van der Waals surface area (Å²) in [7, 11) is 0. The van der Waals surface area contributed by atoms with Crippen molar-refractivity contribution in [3.05, 3.63) is 0 Å². The molecular formula is C13H23NO5. The molecule has 1 amide bonds. The number of carboxylic acids is 1. The van der Waals surface area contributed by atoms with Gasteiger partial charge in [0.1, 0.15) is 17.9 Å². The van der Waals surface area contributed by atoms with E-state index in [1.165, 1.54) is 0 Å². The third kappa shape index (κ3) is 10.1. The van der Waals surface area contributed by atoms with E-state index in [0.717, 1.165) is 19.1 Å². The highest BCUT2D eigenvalue weighted by molar-refractivity contribution is 5.79. The van der Waals surface area contributed by atoms with E-state index in [9.17, 15) is 14.4 Å². The second-order valence-electron chi connectivity index (χ2n) is 5.34. The fourth-order valence-electron chi connectivity index (χ4n) is 1.46. The lowest BCUT2D eigenvalue weighted by molar-refractivity contribution is -0.139. The number of aldehydes is 1. The van der Waals surface area contributed by atoms with Gasteiger partial charge in [0.2, 0.25) is 0 Å². The van der Waals surface area contributed by atoms with Crippen LogP contribution in [0.5, 0.6) is 0 Å². The minimum Gasteiger partial charge on any atom is -0.480 e. The zero-order valence-corrected chi connectivity index (χ0v) is 11.8. The van der Waals surface area contributed by atoms with Crippen molar-refractivity contribution >= 4 is 18.3 Å². The van der Waals surface area contributed by atoms with Crippen LogP contribution in [0.2, 0.25) is 0 Å². The van der Waals surface area contributed by atoms with Crippen LogP contribution in [-0.2, 0) is 14.3 Å². The number of hydrogen-bond acceptors (Lipinski definition) is 4. The Bertz CT molecular complexity index is 309. The summed E-state index contributed by atoms with van der Waals surface area (Å²) in [6.07, 6.45) is 3.06. The Kier molecular flexibility index (Phi) is 7.79. The summed E-state index contributed by atoms with van der Waals surface area (Å²) in [4.78, 5) is 32.6. The molecule has 0 fully saturated rings. The molecule has 0 heterocycles. The van der Waals surface area contributed by atoms with E-state index >= 15 is 0 Å². The Balaban J connectivity index is 4.08. The first-order chi connectivity index (χ1) is 8.76. The van der Waals surface area contributed by atoms with Gasteiger partial charge in [-0.1, -0.05) is 12.8 Å². The van der Waals surface area contributed by atoms with E-state index in [0.29, 0.717) is 19.3 Å². The number of ether oxygens (including phenoxy) is 1. The molecule has 1 atom stereocenters. The first-order valence-corrected chi connectivity index (χ1v) is 6.42. The molecule has 0 radical (unpaired) electrons. The molecule has 6 heteroatoms. The number of nitrogens with one attached hydrogen (secondary N) is 1. The van der Waals surface area contributed by atoms with Gasteiger partial charge in [-0.15, -0.1) is 0 Å². The molecule has 0 spiro atoms. The molecule has 110 valence electrons. The molecule has 0 aliphatic heterocycles. The molecule has 0 aromatic carbocycles. The molecule has 0 aromatic rings. The molecule has 1 unspecified atom stereocenters. The van der Waals surface area contributed by atoms with Crippen LogP contribution in [-0.4, -0.2) is 35.1 Å². The van der Waals surface area contributed by atoms with Crippen LogP contribution in [0.3, 0.4) is 0 Å². The summed E-state index contributed by atoms with van der Waals surface area (Å²) in [6, 6.07) is -0.953. The standard InChI is InChI=1S/C13H23NO5/c1-13(2,3)19-12(18)14-10(11(16)17)8-6-4-5-7-9-15/h9-10H,4-8H2,1-3H3,(H,14,18)(H,16,17). The Morgan fingerprint density at radius 2 is 1.89 bits per heavy atom. The van der Waals surface area contributed by atoms with Gasteiger partial charge < -0.3 is 20.0 Å². The van der Waals surface area contributed by atoms with E-state index in [-0.39, 0.29) is 0 Å². The van der Waals surface area contributed by atoms with E-state index in [4.69, 9.17) is 9.84 Å². The number of aliphatic carboxylic acids is 1. The Morgan fingerprint density at radius 3 is 2.37 bits per heavy atom. The molecule has 0 bridgehead atoms. The van der Waals surface area contributed by atoms with E-state index in [2.05, 4.69) is 5.32 Å². The summed E-state index contributed by atoms with van der Waals surface area (Å²) < 4.78 is 5.00. The van der Waals surface area contributed by atoms with E-state index < -0.39 is 23.7 Å². The lowest BCUT2D eigenvalue weighted by Gasteiger charge is -2.22. The van der Waals surface area contributed by atoms with E-state index in [1.54, 1.807) is 20.8 Å². The van der Waals surface area contributed by atoms with Gasteiger partial charge in [0.15, 0.2) is 0 Å². The van der Waals surface area contributed by atoms with Crippen LogP contribution >= 0.6 is 0 Å². The third-order valence-corrected chi connectivity index (χ3v) is 2.30. The normalized spacial score (nSPS) is 12.6. The fourth-order valence-corrected chi connectivity index (χ4v) is 1.46. The highest BCUT2D eigenvalue weighted by Gasteiger charge is 2.23. The number of amides is 1. The molecule has 6 nitrogen and oxygen atoms in total. The fraction of sp³-hybridized carbons (Fsp3) is 0.769. The zero-order chi connectivity index (χ0) is 14.9. The second kappa shape index (κ2) is 8.50. The van der Waals surface area contributed by atoms with Gasteiger partial charge >= 0.3 is 12.1 Å². The van der Waals surface area contributed by atoms with Crippen LogP contribution in [0, 0.1) is 0 Å². The highest BCUT2D eigenvalue weighted by atomic mass is 16.6. The monoisotopic (exact) mass is 273 g/mol. The van der Waals surface area contributed by atoms with Gasteiger partial charge in [0.05, 0.1) is 0 Å². The number of carboxylic acid groups (broad SMARTS) is 1. The average molecular weight is 273 g/mol. The van der Waals surface area contributed by atoms with Crippen LogP contribution in [0.15, 0.2) is 0 Å². The minimum absolute atomic E-state index is 0.327. The average Bonchev–Trinajstić information content (AvgIpc) is 2.24. The van der Waals surface area contributed by atoms with Crippen molar-refractivity contribution in [1.82, 2.24) is 5.32 Å². The summed E-state index contributed by atoms with van der Waals surface area (Å²) in [5, 5.41) is 11.3. The SMILES string of the molecule is CC(C)(C)OC(=O)NC(CCCCCC=O)C(=O)O. The minimum atomic E-state index is -1.08. The van der Waals surface area contributed by atoms with Gasteiger partial charge in [0.25, 0.3) is 0 Å². The maximum Gasteiger partial charge on any atom is 0.408 e. The lowest BCUT2D eigenvalue weighted by atomic mass is 10.1. The molecule has 0 saturated carbocycles. The maximum absolute atomic E-state index is 11.5. The Hall–Kier alpha value is -1.59.